The molecule has 0 aromatic heterocycles. The lowest BCUT2D eigenvalue weighted by molar-refractivity contribution is -0.124. The van der Waals surface area contributed by atoms with Crippen molar-refractivity contribution in [3.63, 3.8) is 0 Å². The summed E-state index contributed by atoms with van der Waals surface area (Å²) in [5.74, 6) is -0.00870. The predicted octanol–water partition coefficient (Wildman–Crippen LogP) is 2.51. The maximum atomic E-state index is 11.8. The standard InChI is InChI=1S/C12H18N2O/c1-7(2)8(3)9(4)11-10(5)13-14(6)12(11)15/h1-6H3/b11-9+. The number of carbonyl (C=O) groups excluding carboxylic acids is 1. The van der Waals surface area contributed by atoms with Gasteiger partial charge in [-0.1, -0.05) is 5.57 Å². The molecule has 0 aromatic carbocycles. The van der Waals surface area contributed by atoms with Crippen molar-refractivity contribution >= 4 is 11.6 Å². The van der Waals surface area contributed by atoms with E-state index in [0.717, 1.165) is 16.9 Å². The van der Waals surface area contributed by atoms with E-state index in [9.17, 15) is 4.79 Å². The van der Waals surface area contributed by atoms with E-state index in [4.69, 9.17) is 0 Å². The first-order chi connectivity index (χ1) is 6.86. The van der Waals surface area contributed by atoms with Gasteiger partial charge in [0, 0.05) is 7.05 Å². The maximum absolute atomic E-state index is 11.8. The van der Waals surface area contributed by atoms with E-state index < -0.39 is 0 Å². The maximum Gasteiger partial charge on any atom is 0.275 e. The Labute approximate surface area is 91.2 Å². The minimum absolute atomic E-state index is 0.00870. The van der Waals surface area contributed by atoms with Crippen molar-refractivity contribution in [2.75, 3.05) is 7.05 Å². The average Bonchev–Trinajstić information content (AvgIpc) is 2.39. The van der Waals surface area contributed by atoms with Crippen molar-refractivity contribution in [3.05, 3.63) is 22.3 Å². The van der Waals surface area contributed by atoms with E-state index >= 15 is 0 Å². The highest BCUT2D eigenvalue weighted by atomic mass is 16.2. The topological polar surface area (TPSA) is 32.7 Å². The van der Waals surface area contributed by atoms with Gasteiger partial charge >= 0.3 is 0 Å². The minimum atomic E-state index is -0.00870. The third kappa shape index (κ3) is 2.01. The van der Waals surface area contributed by atoms with Gasteiger partial charge < -0.3 is 0 Å². The lowest BCUT2D eigenvalue weighted by atomic mass is 9.97. The second-order valence-corrected chi connectivity index (χ2v) is 4.14. The van der Waals surface area contributed by atoms with Crippen LogP contribution in [0.15, 0.2) is 27.4 Å². The first-order valence-corrected chi connectivity index (χ1v) is 5.05. The first kappa shape index (κ1) is 11.7. The van der Waals surface area contributed by atoms with Crippen molar-refractivity contribution in [2.45, 2.75) is 34.6 Å². The van der Waals surface area contributed by atoms with Gasteiger partial charge in [0.2, 0.25) is 0 Å². The number of allylic oxidation sites excluding steroid dienone is 3. The van der Waals surface area contributed by atoms with Crippen LogP contribution in [0.1, 0.15) is 34.6 Å². The molecule has 0 fully saturated rings. The van der Waals surface area contributed by atoms with Crippen LogP contribution < -0.4 is 0 Å². The third-order valence-electron chi connectivity index (χ3n) is 2.86. The Morgan fingerprint density at radius 1 is 1.20 bits per heavy atom. The van der Waals surface area contributed by atoms with Crippen molar-refractivity contribution in [3.8, 4) is 0 Å². The normalized spacial score (nSPS) is 19.2. The summed E-state index contributed by atoms with van der Waals surface area (Å²) in [6.45, 7) is 9.99. The molecular weight excluding hydrogens is 188 g/mol. The SMILES string of the molecule is CC1=NN(C)C(=O)/C1=C(\C)C(C)=C(C)C. The minimum Gasteiger partial charge on any atom is -0.267 e. The number of amides is 1. The molecule has 1 amide bonds. The third-order valence-corrected chi connectivity index (χ3v) is 2.86. The van der Waals surface area contributed by atoms with Crippen LogP contribution in [0.4, 0.5) is 0 Å². The van der Waals surface area contributed by atoms with Gasteiger partial charge in [-0.15, -0.1) is 0 Å². The van der Waals surface area contributed by atoms with Gasteiger partial charge in [-0.25, -0.2) is 5.01 Å². The number of carbonyl (C=O) groups is 1. The number of nitrogens with zero attached hydrogens (tertiary/aromatic N) is 2. The Morgan fingerprint density at radius 2 is 1.73 bits per heavy atom. The molecule has 0 bridgehead atoms. The van der Waals surface area contributed by atoms with Crippen LogP contribution in [0.3, 0.4) is 0 Å². The quantitative estimate of drug-likeness (QED) is 0.607. The molecule has 3 heteroatoms. The van der Waals surface area contributed by atoms with Crippen LogP contribution in [0, 0.1) is 0 Å². The fraction of sp³-hybridized carbons (Fsp3) is 0.500. The Bertz CT molecular complexity index is 396. The van der Waals surface area contributed by atoms with Crippen molar-refractivity contribution in [1.82, 2.24) is 5.01 Å². The molecule has 0 spiro atoms. The van der Waals surface area contributed by atoms with E-state index in [1.807, 2.05) is 20.8 Å². The van der Waals surface area contributed by atoms with E-state index in [0.29, 0.717) is 0 Å². The average molecular weight is 206 g/mol. The summed E-state index contributed by atoms with van der Waals surface area (Å²) in [4.78, 5) is 11.8. The number of hydrogen-bond acceptors (Lipinski definition) is 2. The molecule has 1 aliphatic rings. The van der Waals surface area contributed by atoms with Crippen LogP contribution in [0.25, 0.3) is 0 Å². The number of hydrazone groups is 1. The number of rotatable bonds is 1. The van der Waals surface area contributed by atoms with Crippen LogP contribution >= 0.6 is 0 Å². The Balaban J connectivity index is 3.29. The predicted molar refractivity (Wildman–Crippen MR) is 62.6 cm³/mol. The summed E-state index contributed by atoms with van der Waals surface area (Å²) in [6, 6.07) is 0. The van der Waals surface area contributed by atoms with Crippen LogP contribution in [-0.4, -0.2) is 23.7 Å². The molecule has 15 heavy (non-hydrogen) atoms. The molecular formula is C12H18N2O. The zero-order chi connectivity index (χ0) is 11.7. The fourth-order valence-electron chi connectivity index (χ4n) is 1.63. The molecule has 0 unspecified atom stereocenters. The largest absolute Gasteiger partial charge is 0.275 e. The molecule has 0 atom stereocenters. The molecule has 1 rings (SSSR count). The zero-order valence-electron chi connectivity index (χ0n) is 10.3. The van der Waals surface area contributed by atoms with Crippen molar-refractivity contribution in [1.29, 1.82) is 0 Å². The van der Waals surface area contributed by atoms with Gasteiger partial charge in [-0.3, -0.25) is 4.79 Å². The lowest BCUT2D eigenvalue weighted by Gasteiger charge is -2.08. The molecule has 0 saturated heterocycles. The Morgan fingerprint density at radius 3 is 2.07 bits per heavy atom. The van der Waals surface area contributed by atoms with E-state index in [1.165, 1.54) is 16.2 Å². The number of hydrogen-bond donors (Lipinski definition) is 0. The molecule has 1 aliphatic heterocycles. The molecule has 0 N–H and O–H groups in total. The molecule has 0 radical (unpaired) electrons. The van der Waals surface area contributed by atoms with Crippen LogP contribution in [-0.2, 0) is 4.79 Å². The summed E-state index contributed by atoms with van der Waals surface area (Å²) >= 11 is 0. The molecule has 3 nitrogen and oxygen atoms in total. The van der Waals surface area contributed by atoms with Crippen molar-refractivity contribution < 1.29 is 4.79 Å². The molecule has 1 heterocycles. The Kier molecular flexibility index (Phi) is 3.12. The fourth-order valence-corrected chi connectivity index (χ4v) is 1.63. The zero-order valence-corrected chi connectivity index (χ0v) is 10.3. The highest BCUT2D eigenvalue weighted by Crippen LogP contribution is 2.23. The number of likely N-dealkylation sites (N-methyl/N-ethyl adjacent to an activating group) is 1. The van der Waals surface area contributed by atoms with Crippen LogP contribution in [0.5, 0.6) is 0 Å². The summed E-state index contributed by atoms with van der Waals surface area (Å²) in [7, 11) is 1.68. The molecule has 82 valence electrons. The van der Waals surface area contributed by atoms with Gasteiger partial charge in [0.1, 0.15) is 0 Å². The highest BCUT2D eigenvalue weighted by molar-refractivity contribution is 6.24. The van der Waals surface area contributed by atoms with Gasteiger partial charge in [0.25, 0.3) is 5.91 Å². The van der Waals surface area contributed by atoms with E-state index in [2.05, 4.69) is 18.9 Å². The summed E-state index contributed by atoms with van der Waals surface area (Å²) < 4.78 is 0. The van der Waals surface area contributed by atoms with Gasteiger partial charge in [-0.2, -0.15) is 5.10 Å². The highest BCUT2D eigenvalue weighted by Gasteiger charge is 2.26. The summed E-state index contributed by atoms with van der Waals surface area (Å²) in [6.07, 6.45) is 0. The van der Waals surface area contributed by atoms with Crippen molar-refractivity contribution in [2.24, 2.45) is 5.10 Å². The Hall–Kier alpha value is -1.38. The van der Waals surface area contributed by atoms with Gasteiger partial charge in [0.15, 0.2) is 0 Å². The van der Waals surface area contributed by atoms with Crippen LogP contribution in [0.2, 0.25) is 0 Å². The second kappa shape index (κ2) is 4.01. The lowest BCUT2D eigenvalue weighted by Crippen LogP contribution is -2.18. The molecule has 0 aromatic rings. The van der Waals surface area contributed by atoms with E-state index in [1.54, 1.807) is 7.05 Å². The molecule has 0 saturated carbocycles. The summed E-state index contributed by atoms with van der Waals surface area (Å²) in [5.41, 5.74) is 4.99. The smallest absolute Gasteiger partial charge is 0.267 e. The summed E-state index contributed by atoms with van der Waals surface area (Å²) in [5, 5.41) is 5.53. The van der Waals surface area contributed by atoms with Gasteiger partial charge in [-0.05, 0) is 45.8 Å². The van der Waals surface area contributed by atoms with E-state index in [-0.39, 0.29) is 5.91 Å². The first-order valence-electron chi connectivity index (χ1n) is 5.05. The second-order valence-electron chi connectivity index (χ2n) is 4.14. The van der Waals surface area contributed by atoms with Gasteiger partial charge in [0.05, 0.1) is 11.3 Å². The molecule has 0 aliphatic carbocycles. The monoisotopic (exact) mass is 206 g/mol.